The van der Waals surface area contributed by atoms with E-state index in [2.05, 4.69) is 24.0 Å². The van der Waals surface area contributed by atoms with Crippen molar-refractivity contribution >= 4 is 64.8 Å². The molecule has 6 atom stereocenters. The third-order valence-electron chi connectivity index (χ3n) is 21.7. The van der Waals surface area contributed by atoms with Crippen molar-refractivity contribution in [3.05, 3.63) is 121 Å². The molecule has 33 heteroatoms. The first-order chi connectivity index (χ1) is 44.6. The van der Waals surface area contributed by atoms with E-state index < -0.39 is 165 Å². The molecule has 4 aromatic rings. The van der Waals surface area contributed by atoms with Gasteiger partial charge in [-0.05, 0) is 158 Å². The van der Waals surface area contributed by atoms with Crippen molar-refractivity contribution in [2.45, 2.75) is 138 Å². The maximum absolute atomic E-state index is 14.4. The number of nitrogens with zero attached hydrogens (tertiary/aromatic N) is 6. The third-order valence-corrected chi connectivity index (χ3v) is 25.1. The lowest BCUT2D eigenvalue weighted by Gasteiger charge is -2.35. The van der Waals surface area contributed by atoms with Crippen molar-refractivity contribution in [3.8, 4) is 17.2 Å². The highest BCUT2D eigenvalue weighted by Crippen LogP contribution is 2.66. The first-order valence-electron chi connectivity index (χ1n) is 30.9. The lowest BCUT2D eigenvalue weighted by molar-refractivity contribution is -0.128. The van der Waals surface area contributed by atoms with E-state index in [0.29, 0.717) is 44.9 Å². The summed E-state index contributed by atoms with van der Waals surface area (Å²) < 4.78 is 199. The van der Waals surface area contributed by atoms with Crippen LogP contribution >= 0.6 is 0 Å². The number of rotatable bonds is 27. The molecular weight excluding hydrogens is 1340 g/mol. The van der Waals surface area contributed by atoms with E-state index in [4.69, 9.17) is 18.5 Å². The number of ether oxygens (including phenoxy) is 3. The normalized spacial score (nSPS) is 25.4. The number of hydrogen-bond acceptors (Lipinski definition) is 21. The molecule has 0 radical (unpaired) electrons. The monoisotopic (exact) mass is 1410 g/mol. The summed E-state index contributed by atoms with van der Waals surface area (Å²) in [6.45, 7) is 9.11. The second kappa shape index (κ2) is 25.3. The molecule has 0 N–H and O–H groups in total. The summed E-state index contributed by atoms with van der Waals surface area (Å²) >= 11 is 0. The summed E-state index contributed by atoms with van der Waals surface area (Å²) in [4.78, 5) is 81.1. The highest BCUT2D eigenvalue weighted by atomic mass is 32.2. The number of alkyl halides is 6. The fourth-order valence-corrected chi connectivity index (χ4v) is 20.0. The van der Waals surface area contributed by atoms with Crippen LogP contribution in [0.4, 0.5) is 26.3 Å². The van der Waals surface area contributed by atoms with Crippen molar-refractivity contribution in [3.63, 3.8) is 0 Å². The molecule has 0 amide bonds. The van der Waals surface area contributed by atoms with Crippen LogP contribution in [0.1, 0.15) is 123 Å². The third kappa shape index (κ3) is 13.3. The summed E-state index contributed by atoms with van der Waals surface area (Å²) in [7, 11) is -13.9. The summed E-state index contributed by atoms with van der Waals surface area (Å²) in [5.41, 5.74) is -13.5. The molecule has 10 rings (SSSR count). The van der Waals surface area contributed by atoms with Crippen LogP contribution in [0.15, 0.2) is 103 Å². The first kappa shape index (κ1) is 71.1. The molecule has 6 saturated carbocycles. The van der Waals surface area contributed by atoms with Gasteiger partial charge in [-0.3, -0.25) is 27.2 Å². The van der Waals surface area contributed by atoms with Crippen molar-refractivity contribution in [1.29, 1.82) is 0 Å². The standard InChI is InChI=1S/C63H72F6N6O18S3/c1-38(70-91-94(82,83)35-59-23-20-42(32-48(59)76)56(59,2)3)39-8-14-45(15-9-39)88-29-26-73-53(79)74(27-30-89-46-16-10-40(11-17-46)51(62(64,65)66)71-92-95(84,85)36-60-24-21-43(33-49(60)77)57(60,4)5)55(81)75(54(73)80)28-31-90-47-18-12-41(13-19-47)52(63(67,68)69)72-93-96(86,87)37-61-25-22-44(34-50(61)78)58(61,6)7/h8-19,42-44H,20-37H2,1-7H3/b70-38+,71-51-,72-52-. The Morgan fingerprint density at radius 1 is 0.438 bits per heavy atom. The maximum atomic E-state index is 14.4. The average molecular weight is 1410 g/mol. The van der Waals surface area contributed by atoms with Gasteiger partial charge >= 0.3 is 59.8 Å². The van der Waals surface area contributed by atoms with E-state index >= 15 is 0 Å². The van der Waals surface area contributed by atoms with Gasteiger partial charge in [0, 0.05) is 30.4 Å². The Labute approximate surface area is 548 Å². The van der Waals surface area contributed by atoms with E-state index in [-0.39, 0.29) is 90.4 Å². The Kier molecular flexibility index (Phi) is 18.7. The number of fused-ring (bicyclic) bond motifs is 6. The quantitative estimate of drug-likeness (QED) is 0.0311. The summed E-state index contributed by atoms with van der Waals surface area (Å²) in [5, 5.41) is 9.84. The zero-order valence-corrected chi connectivity index (χ0v) is 55.9. The molecule has 3 aromatic carbocycles. The molecule has 0 aliphatic heterocycles. The van der Waals surface area contributed by atoms with Crippen LogP contribution in [0.5, 0.6) is 17.2 Å². The number of benzene rings is 3. The van der Waals surface area contributed by atoms with Crippen LogP contribution in [-0.2, 0) is 77.2 Å². The molecular formula is C63H72F6N6O18S3. The summed E-state index contributed by atoms with van der Waals surface area (Å²) in [5.74, 6) is -3.11. The molecule has 522 valence electrons. The van der Waals surface area contributed by atoms with Crippen LogP contribution < -0.4 is 31.3 Å². The molecule has 6 aliphatic carbocycles. The SMILES string of the molecule is C/C(=N\OS(=O)(=O)CC12CCC(CC1=O)C2(C)C)c1ccc(OCCn2c(=O)n(CCOc3ccc(/C(=N/OS(=O)(=O)CC45CCC(CC4=O)C5(C)C)C(F)(F)F)cc3)c(=O)n(CCOc3ccc(/C(=N/OS(=O)(=O)CC45CCC(CC4=O)C5(C)C)C(F)(F)F)cc3)c2=O)cc1. The van der Waals surface area contributed by atoms with Gasteiger partial charge in [-0.15, -0.1) is 0 Å². The largest absolute Gasteiger partial charge is 0.492 e. The number of carbonyl (C=O) groups excluding carboxylic acids is 3. The maximum Gasteiger partial charge on any atom is 0.437 e. The average Bonchev–Trinajstić information content (AvgIpc) is 1.57. The van der Waals surface area contributed by atoms with Gasteiger partial charge in [-0.25, -0.2) is 28.1 Å². The Hall–Kier alpha value is -7.68. The number of aromatic nitrogens is 3. The Morgan fingerprint density at radius 3 is 0.938 bits per heavy atom. The van der Waals surface area contributed by atoms with E-state index in [1.165, 1.54) is 31.2 Å². The molecule has 6 unspecified atom stereocenters. The van der Waals surface area contributed by atoms with Crippen molar-refractivity contribution < 1.29 is 93.0 Å². The molecule has 96 heavy (non-hydrogen) atoms. The number of Topliss-reactive ketones (excluding diaryl/α,β-unsaturated/α-hetero) is 3. The minimum Gasteiger partial charge on any atom is -0.492 e. The number of ketones is 3. The lowest BCUT2D eigenvalue weighted by Crippen LogP contribution is -2.55. The van der Waals surface area contributed by atoms with Crippen molar-refractivity contribution in [2.75, 3.05) is 37.1 Å². The van der Waals surface area contributed by atoms with Crippen LogP contribution in [0.2, 0.25) is 0 Å². The van der Waals surface area contributed by atoms with E-state index in [9.17, 15) is 80.4 Å². The molecule has 1 aromatic heterocycles. The predicted octanol–water partition coefficient (Wildman–Crippen LogP) is 7.89. The van der Waals surface area contributed by atoms with Crippen LogP contribution in [0, 0.1) is 50.2 Å². The second-order valence-corrected chi connectivity index (χ2v) is 32.0. The zero-order valence-electron chi connectivity index (χ0n) is 53.4. The van der Waals surface area contributed by atoms with Crippen LogP contribution in [0.25, 0.3) is 0 Å². The van der Waals surface area contributed by atoms with E-state index in [0.717, 1.165) is 55.0 Å². The van der Waals surface area contributed by atoms with E-state index in [1.54, 1.807) is 27.7 Å². The second-order valence-electron chi connectivity index (χ2n) is 27.3. The van der Waals surface area contributed by atoms with Gasteiger partial charge < -0.3 is 14.2 Å². The smallest absolute Gasteiger partial charge is 0.437 e. The van der Waals surface area contributed by atoms with Crippen LogP contribution in [-0.4, -0.2) is 123 Å². The number of hydrogen-bond donors (Lipinski definition) is 0. The summed E-state index contributed by atoms with van der Waals surface area (Å²) in [6.07, 6.45) is -7.16. The lowest BCUT2D eigenvalue weighted by atomic mass is 9.70. The molecule has 6 bridgehead atoms. The number of halogens is 6. The molecule has 24 nitrogen and oxygen atoms in total. The molecule has 0 saturated heterocycles. The minimum absolute atomic E-state index is 0.0775. The van der Waals surface area contributed by atoms with Gasteiger partial charge in [-0.1, -0.05) is 57.0 Å². The topological polar surface area (TPSA) is 312 Å². The zero-order chi connectivity index (χ0) is 70.2. The first-order valence-corrected chi connectivity index (χ1v) is 35.7. The minimum atomic E-state index is -5.25. The predicted molar refractivity (Wildman–Crippen MR) is 333 cm³/mol. The van der Waals surface area contributed by atoms with Gasteiger partial charge in [0.2, 0.25) is 0 Å². The Morgan fingerprint density at radius 2 is 0.698 bits per heavy atom. The van der Waals surface area contributed by atoms with Gasteiger partial charge in [0.05, 0.1) is 41.6 Å². The molecule has 1 heterocycles. The van der Waals surface area contributed by atoms with Gasteiger partial charge in [0.15, 0.2) is 11.4 Å². The fraction of sp³-hybridized carbons (Fsp3) is 0.571. The van der Waals surface area contributed by atoms with Gasteiger partial charge in [-0.2, -0.15) is 51.6 Å². The van der Waals surface area contributed by atoms with Crippen molar-refractivity contribution in [2.24, 2.45) is 65.7 Å². The highest BCUT2D eigenvalue weighted by Gasteiger charge is 2.68. The van der Waals surface area contributed by atoms with Crippen LogP contribution in [0.3, 0.4) is 0 Å². The van der Waals surface area contributed by atoms with E-state index in [1.807, 2.05) is 13.8 Å². The van der Waals surface area contributed by atoms with Gasteiger partial charge in [0.1, 0.15) is 71.7 Å². The molecule has 6 fully saturated rings. The highest BCUT2D eigenvalue weighted by molar-refractivity contribution is 7.87. The molecule has 0 spiro atoms. The number of carbonyl (C=O) groups is 3. The Balaban J connectivity index is 0.825. The fourth-order valence-electron chi connectivity index (χ4n) is 15.4. The van der Waals surface area contributed by atoms with Gasteiger partial charge in [0.25, 0.3) is 0 Å². The molecule has 6 aliphatic rings. The van der Waals surface area contributed by atoms with Crippen molar-refractivity contribution in [1.82, 2.24) is 13.7 Å². The Bertz CT molecular complexity index is 4190. The number of oxime groups is 3. The summed E-state index contributed by atoms with van der Waals surface area (Å²) in [6, 6.07) is 13.7.